The Labute approximate surface area is 141 Å². The Morgan fingerprint density at radius 1 is 1.09 bits per heavy atom. The molecule has 2 heterocycles. The van der Waals surface area contributed by atoms with Crippen molar-refractivity contribution in [1.82, 2.24) is 9.80 Å². The summed E-state index contributed by atoms with van der Waals surface area (Å²) in [5.74, 6) is 2.77. The van der Waals surface area contributed by atoms with Gasteiger partial charge in [-0.25, -0.2) is 0 Å². The molecule has 2 aliphatic carbocycles. The maximum Gasteiger partial charge on any atom is 0.264 e. The minimum Gasteiger partial charge on any atom is -0.339 e. The van der Waals surface area contributed by atoms with Crippen molar-refractivity contribution in [2.75, 3.05) is 26.2 Å². The first-order valence-electron chi connectivity index (χ1n) is 8.81. The fourth-order valence-corrected chi connectivity index (χ4v) is 5.39. The number of amides is 2. The lowest BCUT2D eigenvalue weighted by atomic mass is 9.86. The number of fused-ring (bicyclic) bond motifs is 2. The molecule has 3 fully saturated rings. The van der Waals surface area contributed by atoms with Gasteiger partial charge in [0.15, 0.2) is 0 Å². The van der Waals surface area contributed by atoms with Gasteiger partial charge in [0.25, 0.3) is 5.91 Å². The average Bonchev–Trinajstić information content (AvgIpc) is 3.32. The monoisotopic (exact) mass is 332 g/mol. The van der Waals surface area contributed by atoms with Crippen molar-refractivity contribution in [2.45, 2.75) is 32.1 Å². The van der Waals surface area contributed by atoms with Gasteiger partial charge in [0.1, 0.15) is 0 Å². The zero-order chi connectivity index (χ0) is 15.8. The molecule has 5 heteroatoms. The largest absolute Gasteiger partial charge is 0.339 e. The molecule has 3 aliphatic rings. The lowest BCUT2D eigenvalue weighted by Crippen LogP contribution is -2.50. The first kappa shape index (κ1) is 15.2. The van der Waals surface area contributed by atoms with Crippen LogP contribution in [0.25, 0.3) is 0 Å². The van der Waals surface area contributed by atoms with E-state index in [2.05, 4.69) is 0 Å². The normalized spacial score (nSPS) is 30.0. The molecule has 0 N–H and O–H groups in total. The Hall–Kier alpha value is -1.36. The molecular weight excluding hydrogens is 308 g/mol. The van der Waals surface area contributed by atoms with Gasteiger partial charge in [-0.3, -0.25) is 9.59 Å². The second-order valence-corrected chi connectivity index (χ2v) is 8.24. The molecule has 1 aliphatic heterocycles. The number of nitrogens with zero attached hydrogens (tertiary/aromatic N) is 2. The predicted molar refractivity (Wildman–Crippen MR) is 90.4 cm³/mol. The van der Waals surface area contributed by atoms with Crippen LogP contribution in [0.3, 0.4) is 0 Å². The number of thiophene rings is 1. The van der Waals surface area contributed by atoms with Crippen LogP contribution in [0, 0.1) is 17.8 Å². The van der Waals surface area contributed by atoms with Crippen molar-refractivity contribution in [3.63, 3.8) is 0 Å². The molecule has 23 heavy (non-hydrogen) atoms. The van der Waals surface area contributed by atoms with E-state index in [1.807, 2.05) is 27.3 Å². The van der Waals surface area contributed by atoms with E-state index in [0.29, 0.717) is 38.0 Å². The summed E-state index contributed by atoms with van der Waals surface area (Å²) < 4.78 is 0. The standard InChI is InChI=1S/C18H24N2O2S/c21-17(12-15-11-13-3-4-14(15)10-13)19-5-7-20(8-6-19)18(22)16-2-1-9-23-16/h1-2,9,13-15H,3-8,10-12H2/t13-,14-,15-/m0/s1. The third-order valence-corrected chi connectivity index (χ3v) is 6.83. The smallest absolute Gasteiger partial charge is 0.264 e. The number of piperazine rings is 1. The van der Waals surface area contributed by atoms with E-state index in [-0.39, 0.29) is 5.91 Å². The van der Waals surface area contributed by atoms with Crippen molar-refractivity contribution >= 4 is 23.2 Å². The van der Waals surface area contributed by atoms with Crippen molar-refractivity contribution in [2.24, 2.45) is 17.8 Å². The van der Waals surface area contributed by atoms with E-state index in [4.69, 9.17) is 0 Å². The van der Waals surface area contributed by atoms with Crippen LogP contribution in [-0.2, 0) is 4.79 Å². The molecule has 0 unspecified atom stereocenters. The Morgan fingerprint density at radius 3 is 2.48 bits per heavy atom. The minimum absolute atomic E-state index is 0.111. The van der Waals surface area contributed by atoms with E-state index in [0.717, 1.165) is 23.1 Å². The fourth-order valence-electron chi connectivity index (χ4n) is 4.69. The van der Waals surface area contributed by atoms with Gasteiger partial charge in [-0.05, 0) is 48.5 Å². The molecule has 1 aromatic heterocycles. The van der Waals surface area contributed by atoms with E-state index < -0.39 is 0 Å². The van der Waals surface area contributed by atoms with Crippen molar-refractivity contribution in [3.05, 3.63) is 22.4 Å². The Kier molecular flexibility index (Phi) is 4.14. The third kappa shape index (κ3) is 3.03. The first-order chi connectivity index (χ1) is 11.2. The molecule has 3 atom stereocenters. The van der Waals surface area contributed by atoms with Crippen LogP contribution < -0.4 is 0 Å². The van der Waals surface area contributed by atoms with Gasteiger partial charge in [0.05, 0.1) is 4.88 Å². The highest BCUT2D eigenvalue weighted by molar-refractivity contribution is 7.12. The highest BCUT2D eigenvalue weighted by atomic mass is 32.1. The third-order valence-electron chi connectivity index (χ3n) is 5.97. The quantitative estimate of drug-likeness (QED) is 0.854. The first-order valence-corrected chi connectivity index (χ1v) is 9.69. The summed E-state index contributed by atoms with van der Waals surface area (Å²) in [7, 11) is 0. The maximum atomic E-state index is 12.6. The van der Waals surface area contributed by atoms with Crippen LogP contribution in [0.5, 0.6) is 0 Å². The summed E-state index contributed by atoms with van der Waals surface area (Å²) in [5.41, 5.74) is 0. The lowest BCUT2D eigenvalue weighted by Gasteiger charge is -2.35. The molecule has 0 aromatic carbocycles. The number of rotatable bonds is 3. The van der Waals surface area contributed by atoms with Gasteiger partial charge in [0.2, 0.25) is 5.91 Å². The summed E-state index contributed by atoms with van der Waals surface area (Å²) in [6.07, 6.45) is 6.10. The molecule has 1 aromatic rings. The summed E-state index contributed by atoms with van der Waals surface area (Å²) >= 11 is 1.49. The van der Waals surface area contributed by atoms with E-state index in [9.17, 15) is 9.59 Å². The van der Waals surface area contributed by atoms with Crippen LogP contribution >= 0.6 is 11.3 Å². The molecule has 0 radical (unpaired) electrons. The molecule has 2 amide bonds. The van der Waals surface area contributed by atoms with Gasteiger partial charge in [0, 0.05) is 32.6 Å². The summed E-state index contributed by atoms with van der Waals surface area (Å²) in [4.78, 5) is 29.6. The van der Waals surface area contributed by atoms with Gasteiger partial charge < -0.3 is 9.80 Å². The minimum atomic E-state index is 0.111. The molecule has 4 rings (SSSR count). The fraction of sp³-hybridized carbons (Fsp3) is 0.667. The van der Waals surface area contributed by atoms with Crippen LogP contribution in [0.1, 0.15) is 41.8 Å². The molecule has 0 spiro atoms. The van der Waals surface area contributed by atoms with Crippen molar-refractivity contribution in [1.29, 1.82) is 0 Å². The Balaban J connectivity index is 1.28. The average molecular weight is 332 g/mol. The SMILES string of the molecule is O=C(C[C@@H]1C[C@H]2CC[C@H]1C2)N1CCN(C(=O)c2cccs2)CC1. The van der Waals surface area contributed by atoms with Crippen LogP contribution in [-0.4, -0.2) is 47.8 Å². The zero-order valence-electron chi connectivity index (χ0n) is 13.4. The van der Waals surface area contributed by atoms with Gasteiger partial charge in [-0.2, -0.15) is 0 Å². The Morgan fingerprint density at radius 2 is 1.87 bits per heavy atom. The zero-order valence-corrected chi connectivity index (χ0v) is 14.3. The second-order valence-electron chi connectivity index (χ2n) is 7.29. The number of hydrogen-bond donors (Lipinski definition) is 0. The van der Waals surface area contributed by atoms with Gasteiger partial charge in [-0.15, -0.1) is 11.3 Å². The molecule has 124 valence electrons. The molecule has 2 bridgehead atoms. The van der Waals surface area contributed by atoms with Crippen LogP contribution in [0.2, 0.25) is 0 Å². The molecule has 1 saturated heterocycles. The lowest BCUT2D eigenvalue weighted by molar-refractivity contribution is -0.134. The molecular formula is C18H24N2O2S. The highest BCUT2D eigenvalue weighted by Gasteiger charge is 2.40. The van der Waals surface area contributed by atoms with Gasteiger partial charge >= 0.3 is 0 Å². The van der Waals surface area contributed by atoms with E-state index in [1.54, 1.807) is 0 Å². The topological polar surface area (TPSA) is 40.6 Å². The van der Waals surface area contributed by atoms with E-state index in [1.165, 1.54) is 37.0 Å². The number of carbonyl (C=O) groups is 2. The van der Waals surface area contributed by atoms with E-state index >= 15 is 0 Å². The van der Waals surface area contributed by atoms with Crippen molar-refractivity contribution < 1.29 is 9.59 Å². The van der Waals surface area contributed by atoms with Crippen molar-refractivity contribution in [3.8, 4) is 0 Å². The maximum absolute atomic E-state index is 12.6. The number of hydrogen-bond acceptors (Lipinski definition) is 3. The summed E-state index contributed by atoms with van der Waals surface area (Å²) in [6, 6.07) is 3.78. The highest BCUT2D eigenvalue weighted by Crippen LogP contribution is 2.49. The van der Waals surface area contributed by atoms with Crippen LogP contribution in [0.4, 0.5) is 0 Å². The second kappa shape index (κ2) is 6.27. The number of carbonyl (C=O) groups excluding carboxylic acids is 2. The Bertz CT molecular complexity index is 578. The molecule has 2 saturated carbocycles. The van der Waals surface area contributed by atoms with Crippen LogP contribution in [0.15, 0.2) is 17.5 Å². The molecule has 4 nitrogen and oxygen atoms in total. The summed E-state index contributed by atoms with van der Waals surface area (Å²) in [5, 5.41) is 1.93. The van der Waals surface area contributed by atoms with Gasteiger partial charge in [-0.1, -0.05) is 12.5 Å². The predicted octanol–water partition coefficient (Wildman–Crippen LogP) is 2.86. The summed E-state index contributed by atoms with van der Waals surface area (Å²) in [6.45, 7) is 2.71.